The Labute approximate surface area is 180 Å². The van der Waals surface area contributed by atoms with Gasteiger partial charge in [-0.2, -0.15) is 0 Å². The van der Waals surface area contributed by atoms with Crippen molar-refractivity contribution in [3.05, 3.63) is 107 Å². The molecule has 31 heavy (non-hydrogen) atoms. The summed E-state index contributed by atoms with van der Waals surface area (Å²) in [5.41, 5.74) is 21.0. The van der Waals surface area contributed by atoms with E-state index >= 15 is 0 Å². The molecule has 4 aromatic rings. The smallest absolute Gasteiger partial charge is 0.248 e. The Hall–Kier alpha value is -4.18. The summed E-state index contributed by atoms with van der Waals surface area (Å²) in [4.78, 5) is 23.0. The van der Waals surface area contributed by atoms with Crippen LogP contribution in [0.4, 0.5) is 0 Å². The Kier molecular flexibility index (Phi) is 4.41. The highest BCUT2D eigenvalue weighted by Crippen LogP contribution is 2.45. The summed E-state index contributed by atoms with van der Waals surface area (Å²) < 4.78 is 0. The highest BCUT2D eigenvalue weighted by molar-refractivity contribution is 5.97. The van der Waals surface area contributed by atoms with Gasteiger partial charge in [0, 0.05) is 11.1 Å². The van der Waals surface area contributed by atoms with Gasteiger partial charge >= 0.3 is 0 Å². The van der Waals surface area contributed by atoms with Crippen LogP contribution >= 0.6 is 0 Å². The number of carbonyl (C=O) groups excluding carboxylic acids is 2. The lowest BCUT2D eigenvalue weighted by atomic mass is 9.87. The Balaban J connectivity index is 1.73. The van der Waals surface area contributed by atoms with Gasteiger partial charge in [-0.1, -0.05) is 60.7 Å². The van der Waals surface area contributed by atoms with Crippen molar-refractivity contribution in [3.8, 4) is 33.4 Å². The molecule has 150 valence electrons. The van der Waals surface area contributed by atoms with Crippen molar-refractivity contribution in [1.29, 1.82) is 0 Å². The molecule has 0 fully saturated rings. The van der Waals surface area contributed by atoms with Gasteiger partial charge in [0.1, 0.15) is 0 Å². The second-order valence-corrected chi connectivity index (χ2v) is 7.73. The van der Waals surface area contributed by atoms with Crippen molar-refractivity contribution in [1.82, 2.24) is 0 Å². The number of amides is 2. The molecule has 0 bridgehead atoms. The third kappa shape index (κ3) is 3.19. The van der Waals surface area contributed by atoms with E-state index in [9.17, 15) is 9.59 Å². The molecule has 0 heterocycles. The molecule has 0 aliphatic heterocycles. The van der Waals surface area contributed by atoms with Crippen molar-refractivity contribution in [2.45, 2.75) is 6.42 Å². The molecule has 0 spiro atoms. The zero-order valence-corrected chi connectivity index (χ0v) is 16.8. The first-order valence-corrected chi connectivity index (χ1v) is 10.1. The summed E-state index contributed by atoms with van der Waals surface area (Å²) in [6, 6.07) is 27.5. The first kappa shape index (κ1) is 18.8. The predicted molar refractivity (Wildman–Crippen MR) is 123 cm³/mol. The summed E-state index contributed by atoms with van der Waals surface area (Å²) in [5, 5.41) is 0. The number of nitrogens with two attached hydrogens (primary N) is 2. The molecule has 0 saturated heterocycles. The molecule has 4 aromatic carbocycles. The van der Waals surface area contributed by atoms with E-state index in [0.717, 1.165) is 28.7 Å². The SMILES string of the molecule is NC(=O)c1ccc(-c2ccc3c(c2-c2ccc(C(N)=O)cc2)Cc2ccccc2-3)cc1. The number of fused-ring (bicyclic) bond motifs is 3. The van der Waals surface area contributed by atoms with Gasteiger partial charge in [-0.05, 0) is 75.2 Å². The molecule has 0 saturated carbocycles. The van der Waals surface area contributed by atoms with E-state index in [2.05, 4.69) is 36.4 Å². The monoisotopic (exact) mass is 404 g/mol. The molecule has 4 nitrogen and oxygen atoms in total. The number of hydrogen-bond acceptors (Lipinski definition) is 2. The van der Waals surface area contributed by atoms with Crippen LogP contribution in [-0.2, 0) is 6.42 Å². The van der Waals surface area contributed by atoms with Gasteiger partial charge in [-0.3, -0.25) is 9.59 Å². The number of rotatable bonds is 4. The number of primary amides is 2. The van der Waals surface area contributed by atoms with Crippen LogP contribution in [0.3, 0.4) is 0 Å². The lowest BCUT2D eigenvalue weighted by Crippen LogP contribution is -2.10. The molecular formula is C27H20N2O2. The lowest BCUT2D eigenvalue weighted by Gasteiger charge is -2.16. The average Bonchev–Trinajstić information content (AvgIpc) is 3.17. The number of hydrogen-bond donors (Lipinski definition) is 2. The molecule has 4 N–H and O–H groups in total. The third-order valence-corrected chi connectivity index (χ3v) is 5.93. The lowest BCUT2D eigenvalue weighted by molar-refractivity contribution is 0.0992. The van der Waals surface area contributed by atoms with Gasteiger partial charge in [0.2, 0.25) is 11.8 Å². The molecule has 1 aliphatic rings. The van der Waals surface area contributed by atoms with Gasteiger partial charge in [0.25, 0.3) is 0 Å². The third-order valence-electron chi connectivity index (χ3n) is 5.93. The quantitative estimate of drug-likeness (QED) is 0.451. The maximum atomic E-state index is 11.5. The fourth-order valence-corrected chi connectivity index (χ4v) is 4.40. The van der Waals surface area contributed by atoms with Crippen molar-refractivity contribution in [3.63, 3.8) is 0 Å². The molecular weight excluding hydrogens is 384 g/mol. The fourth-order valence-electron chi connectivity index (χ4n) is 4.40. The zero-order valence-electron chi connectivity index (χ0n) is 16.8. The normalized spacial score (nSPS) is 11.6. The summed E-state index contributed by atoms with van der Waals surface area (Å²) >= 11 is 0. The summed E-state index contributed by atoms with van der Waals surface area (Å²) in [6.07, 6.45) is 0.839. The minimum Gasteiger partial charge on any atom is -0.366 e. The average molecular weight is 404 g/mol. The van der Waals surface area contributed by atoms with Gasteiger partial charge in [-0.25, -0.2) is 0 Å². The standard InChI is InChI=1S/C27H20N2O2/c28-26(30)18-9-5-16(6-10-18)22-13-14-23-21-4-2-1-3-20(21)15-24(23)25(22)17-7-11-19(12-8-17)27(29)31/h1-14H,15H2,(H2,28,30)(H2,29,31). The van der Waals surface area contributed by atoms with Crippen molar-refractivity contribution >= 4 is 11.8 Å². The Morgan fingerprint density at radius 1 is 0.581 bits per heavy atom. The Morgan fingerprint density at radius 2 is 1.13 bits per heavy atom. The van der Waals surface area contributed by atoms with E-state index in [4.69, 9.17) is 11.5 Å². The van der Waals surface area contributed by atoms with Crippen LogP contribution in [0.1, 0.15) is 31.8 Å². The van der Waals surface area contributed by atoms with Crippen molar-refractivity contribution in [2.75, 3.05) is 0 Å². The minimum absolute atomic E-state index is 0.445. The summed E-state index contributed by atoms with van der Waals surface area (Å²) in [5.74, 6) is -0.891. The molecule has 0 radical (unpaired) electrons. The van der Waals surface area contributed by atoms with Crippen molar-refractivity contribution < 1.29 is 9.59 Å². The highest BCUT2D eigenvalue weighted by Gasteiger charge is 2.24. The van der Waals surface area contributed by atoms with Gasteiger partial charge in [-0.15, -0.1) is 0 Å². The van der Waals surface area contributed by atoms with Crippen LogP contribution < -0.4 is 11.5 Å². The Bertz CT molecular complexity index is 1340. The van der Waals surface area contributed by atoms with Crippen LogP contribution in [0.25, 0.3) is 33.4 Å². The number of benzene rings is 4. The molecule has 5 rings (SSSR count). The van der Waals surface area contributed by atoms with Crippen LogP contribution in [-0.4, -0.2) is 11.8 Å². The predicted octanol–water partition coefficient (Wildman–Crippen LogP) is 4.79. The minimum atomic E-state index is -0.446. The summed E-state index contributed by atoms with van der Waals surface area (Å²) in [6.45, 7) is 0. The van der Waals surface area contributed by atoms with Gasteiger partial charge in [0.15, 0.2) is 0 Å². The van der Waals surface area contributed by atoms with E-state index in [-0.39, 0.29) is 0 Å². The fraction of sp³-hybridized carbons (Fsp3) is 0.0370. The van der Waals surface area contributed by atoms with Crippen LogP contribution in [0.2, 0.25) is 0 Å². The van der Waals surface area contributed by atoms with E-state index in [1.165, 1.54) is 22.3 Å². The van der Waals surface area contributed by atoms with Crippen molar-refractivity contribution in [2.24, 2.45) is 11.5 Å². The summed E-state index contributed by atoms with van der Waals surface area (Å²) in [7, 11) is 0. The molecule has 0 atom stereocenters. The largest absolute Gasteiger partial charge is 0.366 e. The maximum absolute atomic E-state index is 11.5. The van der Waals surface area contributed by atoms with E-state index < -0.39 is 11.8 Å². The Morgan fingerprint density at radius 3 is 1.74 bits per heavy atom. The first-order chi connectivity index (χ1) is 15.0. The molecule has 4 heteroatoms. The van der Waals surface area contributed by atoms with E-state index in [1.54, 1.807) is 24.3 Å². The van der Waals surface area contributed by atoms with Gasteiger partial charge in [0.05, 0.1) is 0 Å². The first-order valence-electron chi connectivity index (χ1n) is 10.1. The second-order valence-electron chi connectivity index (χ2n) is 7.73. The van der Waals surface area contributed by atoms with Crippen LogP contribution in [0.5, 0.6) is 0 Å². The van der Waals surface area contributed by atoms with E-state index in [1.807, 2.05) is 24.3 Å². The molecule has 0 aromatic heterocycles. The highest BCUT2D eigenvalue weighted by atomic mass is 16.1. The topological polar surface area (TPSA) is 86.2 Å². The van der Waals surface area contributed by atoms with Crippen LogP contribution in [0, 0.1) is 0 Å². The molecule has 2 amide bonds. The van der Waals surface area contributed by atoms with E-state index in [0.29, 0.717) is 11.1 Å². The maximum Gasteiger partial charge on any atom is 0.248 e. The van der Waals surface area contributed by atoms with Gasteiger partial charge < -0.3 is 11.5 Å². The molecule has 0 unspecified atom stereocenters. The zero-order chi connectivity index (χ0) is 21.5. The molecule has 1 aliphatic carbocycles. The second kappa shape index (κ2) is 7.26. The number of carbonyl (C=O) groups is 2. The van der Waals surface area contributed by atoms with Crippen LogP contribution in [0.15, 0.2) is 84.9 Å².